The molecule has 0 aliphatic heterocycles. The van der Waals surface area contributed by atoms with Crippen LogP contribution in [0.25, 0.3) is 0 Å². The Kier molecular flexibility index (Phi) is 5.63. The van der Waals surface area contributed by atoms with Crippen molar-refractivity contribution in [1.82, 2.24) is 5.32 Å². The molecule has 116 valence electrons. The quantitative estimate of drug-likeness (QED) is 0.500. The minimum atomic E-state index is -0.509. The zero-order valence-corrected chi connectivity index (χ0v) is 14.6. The Morgan fingerprint density at radius 1 is 1.36 bits per heavy atom. The highest BCUT2D eigenvalue weighted by molar-refractivity contribution is 7.80. The summed E-state index contributed by atoms with van der Waals surface area (Å²) in [6.07, 6.45) is 3.80. The molecule has 4 nitrogen and oxygen atoms in total. The topological polar surface area (TPSA) is 36.2 Å². The van der Waals surface area contributed by atoms with Crippen molar-refractivity contribution >= 4 is 40.0 Å². The fourth-order valence-corrected chi connectivity index (χ4v) is 3.18. The third-order valence-corrected chi connectivity index (χ3v) is 4.51. The van der Waals surface area contributed by atoms with Gasteiger partial charge in [0.1, 0.15) is 0 Å². The van der Waals surface area contributed by atoms with Crippen molar-refractivity contribution in [2.75, 3.05) is 25.5 Å². The van der Waals surface area contributed by atoms with Gasteiger partial charge in [-0.2, -0.15) is 4.57 Å². The van der Waals surface area contributed by atoms with E-state index in [9.17, 15) is 4.79 Å². The predicted molar refractivity (Wildman–Crippen MR) is 94.9 cm³/mol. The van der Waals surface area contributed by atoms with Gasteiger partial charge in [-0.1, -0.05) is 18.3 Å². The second-order valence-corrected chi connectivity index (χ2v) is 6.42. The number of rotatable bonds is 6. The van der Waals surface area contributed by atoms with Crippen molar-refractivity contribution in [2.24, 2.45) is 0 Å². The maximum absolute atomic E-state index is 12.8. The Morgan fingerprint density at radius 3 is 2.55 bits per heavy atom. The highest BCUT2D eigenvalue weighted by atomic mass is 32.1. The van der Waals surface area contributed by atoms with Crippen LogP contribution in [-0.2, 0) is 0 Å². The summed E-state index contributed by atoms with van der Waals surface area (Å²) >= 11 is 6.87. The zero-order valence-electron chi connectivity index (χ0n) is 12.9. The van der Waals surface area contributed by atoms with Gasteiger partial charge < -0.3 is 10.2 Å². The average Bonchev–Trinajstić information content (AvgIpc) is 3.02. The Hall–Kier alpha value is -1.79. The lowest BCUT2D eigenvalue weighted by Crippen LogP contribution is -2.51. The van der Waals surface area contributed by atoms with E-state index < -0.39 is 6.04 Å². The van der Waals surface area contributed by atoms with Crippen molar-refractivity contribution in [3.63, 3.8) is 0 Å². The van der Waals surface area contributed by atoms with Crippen molar-refractivity contribution in [3.05, 3.63) is 46.9 Å². The minimum Gasteiger partial charge on any atom is -0.377 e. The van der Waals surface area contributed by atoms with Crippen LogP contribution in [0.2, 0.25) is 0 Å². The molecule has 0 bridgehead atoms. The van der Waals surface area contributed by atoms with Gasteiger partial charge in [0.05, 0.1) is 4.88 Å². The average molecular weight is 334 g/mol. The van der Waals surface area contributed by atoms with Crippen molar-refractivity contribution in [1.29, 1.82) is 0 Å². The van der Waals surface area contributed by atoms with Crippen LogP contribution in [0.15, 0.2) is 42.0 Å². The maximum atomic E-state index is 12.8. The van der Waals surface area contributed by atoms with E-state index in [4.69, 9.17) is 12.2 Å². The van der Waals surface area contributed by atoms with Crippen LogP contribution in [0.1, 0.15) is 22.6 Å². The lowest BCUT2D eigenvalue weighted by atomic mass is 10.1. The van der Waals surface area contributed by atoms with Gasteiger partial charge in [0.15, 0.2) is 17.4 Å². The number of pyridine rings is 1. The van der Waals surface area contributed by atoms with E-state index in [1.165, 1.54) is 11.3 Å². The van der Waals surface area contributed by atoms with Crippen LogP contribution >= 0.6 is 23.6 Å². The van der Waals surface area contributed by atoms with E-state index in [1.54, 1.807) is 0 Å². The fourth-order valence-electron chi connectivity index (χ4n) is 2.11. The fraction of sp³-hybridized carbons (Fsp3) is 0.312. The molecular formula is C16H20N3OS2+. The van der Waals surface area contributed by atoms with Crippen molar-refractivity contribution in [3.8, 4) is 0 Å². The van der Waals surface area contributed by atoms with Crippen LogP contribution in [0.5, 0.6) is 0 Å². The smallest absolute Gasteiger partial charge is 0.271 e. The van der Waals surface area contributed by atoms with E-state index in [0.717, 1.165) is 10.6 Å². The molecule has 2 aromatic heterocycles. The molecule has 1 N–H and O–H groups in total. The molecule has 2 aromatic rings. The lowest BCUT2D eigenvalue weighted by Gasteiger charge is -2.15. The molecule has 0 spiro atoms. The van der Waals surface area contributed by atoms with Crippen molar-refractivity contribution in [2.45, 2.75) is 13.0 Å². The second-order valence-electron chi connectivity index (χ2n) is 5.04. The van der Waals surface area contributed by atoms with Gasteiger partial charge in [0.25, 0.3) is 6.04 Å². The molecule has 0 aliphatic rings. The summed E-state index contributed by atoms with van der Waals surface area (Å²) in [5, 5.41) is 5.01. The molecule has 6 heteroatoms. The summed E-state index contributed by atoms with van der Waals surface area (Å²) in [7, 11) is 3.97. The Bertz CT molecular complexity index is 636. The largest absolute Gasteiger partial charge is 0.377 e. The SMILES string of the molecule is CCNC(=S)C(C(=O)c1cccs1)[n+]1ccc(N(C)C)cc1. The van der Waals surface area contributed by atoms with E-state index >= 15 is 0 Å². The van der Waals surface area contributed by atoms with Crippen LogP contribution < -0.4 is 14.8 Å². The third kappa shape index (κ3) is 3.69. The second kappa shape index (κ2) is 7.47. The van der Waals surface area contributed by atoms with Crippen LogP contribution in [0.4, 0.5) is 5.69 Å². The van der Waals surface area contributed by atoms with Gasteiger partial charge in [-0.05, 0) is 18.4 Å². The number of carbonyl (C=O) groups is 1. The predicted octanol–water partition coefficient (Wildman–Crippen LogP) is 2.46. The summed E-state index contributed by atoms with van der Waals surface area (Å²) in [5.41, 5.74) is 1.08. The number of hydrogen-bond acceptors (Lipinski definition) is 4. The van der Waals surface area contributed by atoms with E-state index in [2.05, 4.69) is 5.32 Å². The van der Waals surface area contributed by atoms with Crippen LogP contribution in [-0.4, -0.2) is 31.4 Å². The van der Waals surface area contributed by atoms with Gasteiger partial charge >= 0.3 is 0 Å². The normalized spacial score (nSPS) is 11.8. The number of nitrogens with zero attached hydrogens (tertiary/aromatic N) is 2. The number of carbonyl (C=O) groups excluding carboxylic acids is 1. The van der Waals surface area contributed by atoms with Crippen LogP contribution in [0.3, 0.4) is 0 Å². The third-order valence-electron chi connectivity index (χ3n) is 3.26. The van der Waals surface area contributed by atoms with E-state index in [1.807, 2.05) is 72.5 Å². The van der Waals surface area contributed by atoms with Gasteiger partial charge in [0.2, 0.25) is 5.78 Å². The Labute approximate surface area is 140 Å². The van der Waals surface area contributed by atoms with Gasteiger partial charge in [-0.15, -0.1) is 11.3 Å². The number of nitrogens with one attached hydrogen (secondary N) is 1. The molecule has 0 aromatic carbocycles. The summed E-state index contributed by atoms with van der Waals surface area (Å²) in [6, 6.07) is 7.16. The lowest BCUT2D eigenvalue weighted by molar-refractivity contribution is -0.692. The Morgan fingerprint density at radius 2 is 2.05 bits per heavy atom. The molecule has 2 rings (SSSR count). The first kappa shape index (κ1) is 16.6. The molecule has 0 saturated carbocycles. The van der Waals surface area contributed by atoms with E-state index in [-0.39, 0.29) is 5.78 Å². The molecule has 1 atom stereocenters. The molecular weight excluding hydrogens is 314 g/mol. The standard InChI is InChI=1S/C16H19N3OS2/c1-4-17-16(21)14(15(20)13-6-5-11-22-13)19-9-7-12(8-10-19)18(2)3/h5-11,14H,4H2,1-3H3/p+1. The summed E-state index contributed by atoms with van der Waals surface area (Å²) in [4.78, 5) is 16.1. The molecule has 22 heavy (non-hydrogen) atoms. The highest BCUT2D eigenvalue weighted by Crippen LogP contribution is 2.17. The monoisotopic (exact) mass is 334 g/mol. The van der Waals surface area contributed by atoms with Gasteiger partial charge in [-0.25, -0.2) is 0 Å². The molecule has 0 aliphatic carbocycles. The number of thiocarbonyl (C=S) groups is 1. The van der Waals surface area contributed by atoms with Gasteiger partial charge in [-0.3, -0.25) is 4.79 Å². The molecule has 2 heterocycles. The summed E-state index contributed by atoms with van der Waals surface area (Å²) in [5.74, 6) is 0.0172. The first-order chi connectivity index (χ1) is 10.5. The number of hydrogen-bond donors (Lipinski definition) is 1. The number of Topliss-reactive ketones (excluding diaryl/α,β-unsaturated/α-hetero) is 1. The maximum Gasteiger partial charge on any atom is 0.271 e. The number of thiophene rings is 1. The summed E-state index contributed by atoms with van der Waals surface area (Å²) < 4.78 is 1.86. The van der Waals surface area contributed by atoms with Gasteiger partial charge in [0, 0.05) is 38.5 Å². The zero-order chi connectivity index (χ0) is 16.1. The number of ketones is 1. The molecule has 0 radical (unpaired) electrons. The molecule has 1 unspecified atom stereocenters. The molecule has 0 saturated heterocycles. The Balaban J connectivity index is 2.35. The van der Waals surface area contributed by atoms with Crippen LogP contribution in [0, 0.1) is 0 Å². The summed E-state index contributed by atoms with van der Waals surface area (Å²) in [6.45, 7) is 2.67. The highest BCUT2D eigenvalue weighted by Gasteiger charge is 2.33. The molecule has 0 fully saturated rings. The first-order valence-corrected chi connectivity index (χ1v) is 8.37. The van der Waals surface area contributed by atoms with Crippen molar-refractivity contribution < 1.29 is 9.36 Å². The minimum absolute atomic E-state index is 0.0172. The molecule has 0 amide bonds. The number of aromatic nitrogens is 1. The first-order valence-electron chi connectivity index (χ1n) is 7.08. The number of anilines is 1. The van der Waals surface area contributed by atoms with E-state index in [0.29, 0.717) is 11.5 Å². The number of likely N-dealkylation sites (N-methyl/N-ethyl adjacent to an activating group) is 1.